The Morgan fingerprint density at radius 3 is 2.45 bits per heavy atom. The summed E-state index contributed by atoms with van der Waals surface area (Å²) >= 11 is 0. The Labute approximate surface area is 68.2 Å². The molecule has 0 aromatic carbocycles. The molecule has 0 N–H and O–H groups in total. The summed E-state index contributed by atoms with van der Waals surface area (Å²) in [5.74, 6) is 0.0573. The number of rotatable bonds is 4. The van der Waals surface area contributed by atoms with Gasteiger partial charge in [-0.1, -0.05) is 27.2 Å². The number of nitriles is 1. The minimum absolute atomic E-state index is 0.0486. The molecule has 0 aromatic heterocycles. The van der Waals surface area contributed by atoms with Gasteiger partial charge in [0.05, 0.1) is 12.5 Å². The predicted molar refractivity (Wildman–Crippen MR) is 43.9 cm³/mol. The third-order valence-corrected chi connectivity index (χ3v) is 1.87. The van der Waals surface area contributed by atoms with Gasteiger partial charge in [0, 0.05) is 5.41 Å². The Balaban J connectivity index is 4.08. The van der Waals surface area contributed by atoms with Gasteiger partial charge in [0.2, 0.25) is 0 Å². The molecule has 0 heterocycles. The second-order valence-corrected chi connectivity index (χ2v) is 3.39. The SMILES string of the molecule is CCCC(C)(C)C(=O)CC#N. The molecule has 0 fully saturated rings. The highest BCUT2D eigenvalue weighted by Crippen LogP contribution is 2.24. The Morgan fingerprint density at radius 2 is 2.09 bits per heavy atom. The number of carbonyl (C=O) groups is 1. The normalized spacial score (nSPS) is 10.7. The third kappa shape index (κ3) is 3.18. The summed E-state index contributed by atoms with van der Waals surface area (Å²) in [4.78, 5) is 11.2. The maximum absolute atomic E-state index is 11.2. The van der Waals surface area contributed by atoms with Crippen LogP contribution >= 0.6 is 0 Å². The molecule has 0 aliphatic rings. The molecular formula is C9H15NO. The third-order valence-electron chi connectivity index (χ3n) is 1.87. The van der Waals surface area contributed by atoms with Gasteiger partial charge < -0.3 is 0 Å². The molecule has 0 saturated carbocycles. The quantitative estimate of drug-likeness (QED) is 0.621. The first-order valence-corrected chi connectivity index (χ1v) is 3.95. The lowest BCUT2D eigenvalue weighted by Crippen LogP contribution is -2.23. The number of carbonyl (C=O) groups excluding carboxylic acids is 1. The molecule has 0 radical (unpaired) electrons. The van der Waals surface area contributed by atoms with E-state index in [1.165, 1.54) is 0 Å². The van der Waals surface area contributed by atoms with Crippen molar-refractivity contribution in [3.8, 4) is 6.07 Å². The molecule has 0 saturated heterocycles. The van der Waals surface area contributed by atoms with E-state index in [9.17, 15) is 4.79 Å². The van der Waals surface area contributed by atoms with E-state index >= 15 is 0 Å². The minimum atomic E-state index is -0.301. The molecular weight excluding hydrogens is 138 g/mol. The van der Waals surface area contributed by atoms with E-state index in [0.717, 1.165) is 12.8 Å². The summed E-state index contributed by atoms with van der Waals surface area (Å²) in [6, 6.07) is 1.88. The van der Waals surface area contributed by atoms with Gasteiger partial charge in [-0.05, 0) is 6.42 Å². The average Bonchev–Trinajstić information content (AvgIpc) is 1.88. The van der Waals surface area contributed by atoms with Crippen LogP contribution in [0.15, 0.2) is 0 Å². The summed E-state index contributed by atoms with van der Waals surface area (Å²) in [6.07, 6.45) is 1.91. The molecule has 0 unspecified atom stereocenters. The minimum Gasteiger partial charge on any atom is -0.298 e. The van der Waals surface area contributed by atoms with Crippen molar-refractivity contribution in [3.63, 3.8) is 0 Å². The van der Waals surface area contributed by atoms with E-state index < -0.39 is 0 Å². The molecule has 62 valence electrons. The summed E-state index contributed by atoms with van der Waals surface area (Å²) in [7, 11) is 0. The maximum atomic E-state index is 11.2. The standard InChI is InChI=1S/C9H15NO/c1-4-6-9(2,3)8(11)5-7-10/h4-6H2,1-3H3. The molecule has 0 aliphatic heterocycles. The van der Waals surface area contributed by atoms with Crippen LogP contribution in [0.1, 0.15) is 40.0 Å². The van der Waals surface area contributed by atoms with Crippen LogP contribution in [-0.4, -0.2) is 5.78 Å². The lowest BCUT2D eigenvalue weighted by molar-refractivity contribution is -0.126. The highest BCUT2D eigenvalue weighted by molar-refractivity contribution is 5.85. The second kappa shape index (κ2) is 4.12. The molecule has 11 heavy (non-hydrogen) atoms. The highest BCUT2D eigenvalue weighted by atomic mass is 16.1. The lowest BCUT2D eigenvalue weighted by Gasteiger charge is -2.20. The molecule has 0 amide bonds. The zero-order chi connectivity index (χ0) is 8.91. The Morgan fingerprint density at radius 1 is 1.55 bits per heavy atom. The fourth-order valence-electron chi connectivity index (χ4n) is 1.08. The van der Waals surface area contributed by atoms with Crippen molar-refractivity contribution in [3.05, 3.63) is 0 Å². The highest BCUT2D eigenvalue weighted by Gasteiger charge is 2.25. The number of hydrogen-bond acceptors (Lipinski definition) is 2. The van der Waals surface area contributed by atoms with E-state index in [-0.39, 0.29) is 17.6 Å². The fourth-order valence-corrected chi connectivity index (χ4v) is 1.08. The van der Waals surface area contributed by atoms with E-state index in [4.69, 9.17) is 5.26 Å². The van der Waals surface area contributed by atoms with Crippen molar-refractivity contribution in [2.45, 2.75) is 40.0 Å². The summed E-state index contributed by atoms with van der Waals surface area (Å²) in [5, 5.41) is 8.30. The molecule has 0 aromatic rings. The molecule has 0 spiro atoms. The second-order valence-electron chi connectivity index (χ2n) is 3.39. The van der Waals surface area contributed by atoms with E-state index in [2.05, 4.69) is 0 Å². The lowest BCUT2D eigenvalue weighted by atomic mass is 9.82. The number of nitrogens with zero attached hydrogens (tertiary/aromatic N) is 1. The smallest absolute Gasteiger partial charge is 0.152 e. The van der Waals surface area contributed by atoms with Crippen molar-refractivity contribution >= 4 is 5.78 Å². The zero-order valence-electron chi connectivity index (χ0n) is 7.48. The van der Waals surface area contributed by atoms with Crippen molar-refractivity contribution in [2.75, 3.05) is 0 Å². The van der Waals surface area contributed by atoms with Crippen LogP contribution in [0, 0.1) is 16.7 Å². The average molecular weight is 153 g/mol. The van der Waals surface area contributed by atoms with Crippen molar-refractivity contribution in [2.24, 2.45) is 5.41 Å². The van der Waals surface area contributed by atoms with Crippen LogP contribution in [0.4, 0.5) is 0 Å². The van der Waals surface area contributed by atoms with Crippen molar-refractivity contribution in [1.82, 2.24) is 0 Å². The monoisotopic (exact) mass is 153 g/mol. The number of Topliss-reactive ketones (excluding diaryl/α,β-unsaturated/α-hetero) is 1. The fraction of sp³-hybridized carbons (Fsp3) is 0.778. The van der Waals surface area contributed by atoms with Gasteiger partial charge in [-0.15, -0.1) is 0 Å². The molecule has 2 nitrogen and oxygen atoms in total. The molecule has 2 heteroatoms. The molecule has 0 bridgehead atoms. The largest absolute Gasteiger partial charge is 0.298 e. The first kappa shape index (κ1) is 10.2. The number of ketones is 1. The van der Waals surface area contributed by atoms with Crippen molar-refractivity contribution < 1.29 is 4.79 Å². The van der Waals surface area contributed by atoms with Crippen LogP contribution in [0.5, 0.6) is 0 Å². The van der Waals surface area contributed by atoms with Gasteiger partial charge in [-0.25, -0.2) is 0 Å². The van der Waals surface area contributed by atoms with Gasteiger partial charge in [-0.2, -0.15) is 5.26 Å². The predicted octanol–water partition coefficient (Wildman–Crippen LogP) is 2.30. The first-order valence-electron chi connectivity index (χ1n) is 3.95. The topological polar surface area (TPSA) is 40.9 Å². The zero-order valence-corrected chi connectivity index (χ0v) is 7.48. The van der Waals surface area contributed by atoms with Gasteiger partial charge in [0.25, 0.3) is 0 Å². The van der Waals surface area contributed by atoms with E-state index in [1.54, 1.807) is 0 Å². The van der Waals surface area contributed by atoms with Crippen LogP contribution in [0.25, 0.3) is 0 Å². The Kier molecular flexibility index (Phi) is 3.81. The van der Waals surface area contributed by atoms with E-state index in [0.29, 0.717) is 0 Å². The molecule has 0 atom stereocenters. The summed E-state index contributed by atoms with van der Waals surface area (Å²) in [5.41, 5.74) is -0.301. The number of hydrogen-bond donors (Lipinski definition) is 0. The summed E-state index contributed by atoms with van der Waals surface area (Å²) in [6.45, 7) is 5.84. The van der Waals surface area contributed by atoms with Gasteiger partial charge in [0.1, 0.15) is 0 Å². The van der Waals surface area contributed by atoms with Gasteiger partial charge >= 0.3 is 0 Å². The Hall–Kier alpha value is -0.840. The molecule has 0 aliphatic carbocycles. The van der Waals surface area contributed by atoms with Crippen LogP contribution in [-0.2, 0) is 4.79 Å². The van der Waals surface area contributed by atoms with Crippen LogP contribution < -0.4 is 0 Å². The van der Waals surface area contributed by atoms with Crippen LogP contribution in [0.2, 0.25) is 0 Å². The van der Waals surface area contributed by atoms with Crippen molar-refractivity contribution in [1.29, 1.82) is 5.26 Å². The first-order chi connectivity index (χ1) is 5.04. The van der Waals surface area contributed by atoms with Crippen LogP contribution in [0.3, 0.4) is 0 Å². The van der Waals surface area contributed by atoms with Gasteiger partial charge in [-0.3, -0.25) is 4.79 Å². The molecule has 0 rings (SSSR count). The van der Waals surface area contributed by atoms with E-state index in [1.807, 2.05) is 26.8 Å². The van der Waals surface area contributed by atoms with Gasteiger partial charge in [0.15, 0.2) is 5.78 Å². The summed E-state index contributed by atoms with van der Waals surface area (Å²) < 4.78 is 0. The Bertz CT molecular complexity index is 176. The maximum Gasteiger partial charge on any atom is 0.152 e.